The maximum absolute atomic E-state index is 10.8. The second-order valence-electron chi connectivity index (χ2n) is 4.64. The summed E-state index contributed by atoms with van der Waals surface area (Å²) in [6.07, 6.45) is 4.24. The minimum absolute atomic E-state index is 0.0767. The Hall–Kier alpha value is -2.35. The number of allylic oxidation sites excluding steroid dienone is 2. The van der Waals surface area contributed by atoms with E-state index in [0.717, 1.165) is 23.3 Å². The van der Waals surface area contributed by atoms with Crippen molar-refractivity contribution in [2.45, 2.75) is 20.0 Å². The zero-order valence-electron chi connectivity index (χ0n) is 11.6. The highest BCUT2D eigenvalue weighted by atomic mass is 16.5. The quantitative estimate of drug-likeness (QED) is 0.740. The van der Waals surface area contributed by atoms with Crippen LogP contribution in [0.25, 0.3) is 0 Å². The van der Waals surface area contributed by atoms with E-state index < -0.39 is 0 Å². The summed E-state index contributed by atoms with van der Waals surface area (Å²) < 4.78 is 5.72. The summed E-state index contributed by atoms with van der Waals surface area (Å²) in [5.74, 6) is 0.931. The number of hydrogen-bond donors (Lipinski definition) is 0. The van der Waals surface area contributed by atoms with Crippen LogP contribution in [0.4, 0.5) is 0 Å². The minimum Gasteiger partial charge on any atom is -0.489 e. The van der Waals surface area contributed by atoms with E-state index in [2.05, 4.69) is 0 Å². The lowest BCUT2D eigenvalue weighted by atomic mass is 10.1. The molecule has 0 fully saturated rings. The molecule has 0 aromatic heterocycles. The number of rotatable bonds is 6. The molecule has 0 bridgehead atoms. The van der Waals surface area contributed by atoms with Crippen molar-refractivity contribution in [3.63, 3.8) is 0 Å². The molecule has 0 heterocycles. The molecule has 0 saturated heterocycles. The molecule has 0 aliphatic rings. The van der Waals surface area contributed by atoms with Crippen molar-refractivity contribution in [1.82, 2.24) is 0 Å². The Balaban J connectivity index is 1.87. The Morgan fingerprint density at radius 3 is 2.35 bits per heavy atom. The van der Waals surface area contributed by atoms with Gasteiger partial charge < -0.3 is 4.74 Å². The Morgan fingerprint density at radius 1 is 1.00 bits per heavy atom. The first-order valence-corrected chi connectivity index (χ1v) is 6.67. The van der Waals surface area contributed by atoms with Crippen molar-refractivity contribution in [1.29, 1.82) is 0 Å². The summed E-state index contributed by atoms with van der Waals surface area (Å²) in [4.78, 5) is 10.8. The van der Waals surface area contributed by atoms with Gasteiger partial charge in [0.2, 0.25) is 0 Å². The second kappa shape index (κ2) is 7.29. The Bertz CT molecular complexity index is 568. The molecule has 0 radical (unpaired) electrons. The number of benzene rings is 2. The van der Waals surface area contributed by atoms with Gasteiger partial charge in [0.25, 0.3) is 0 Å². The second-order valence-corrected chi connectivity index (χ2v) is 4.64. The van der Waals surface area contributed by atoms with Crippen LogP contribution >= 0.6 is 0 Å². The van der Waals surface area contributed by atoms with Crippen molar-refractivity contribution in [3.8, 4) is 5.75 Å². The lowest BCUT2D eigenvalue weighted by Gasteiger charge is -2.06. The highest BCUT2D eigenvalue weighted by Crippen LogP contribution is 2.14. The van der Waals surface area contributed by atoms with E-state index >= 15 is 0 Å². The third kappa shape index (κ3) is 4.73. The summed E-state index contributed by atoms with van der Waals surface area (Å²) in [7, 11) is 0. The maximum atomic E-state index is 10.8. The Morgan fingerprint density at radius 2 is 1.70 bits per heavy atom. The predicted molar refractivity (Wildman–Crippen MR) is 80.7 cm³/mol. The molecule has 0 saturated carbocycles. The van der Waals surface area contributed by atoms with E-state index in [1.807, 2.05) is 60.7 Å². The highest BCUT2D eigenvalue weighted by molar-refractivity contribution is 5.87. The van der Waals surface area contributed by atoms with Crippen molar-refractivity contribution in [3.05, 3.63) is 77.9 Å². The largest absolute Gasteiger partial charge is 0.489 e. The van der Waals surface area contributed by atoms with Gasteiger partial charge in [-0.2, -0.15) is 0 Å². The molecule has 2 nitrogen and oxygen atoms in total. The van der Waals surface area contributed by atoms with Crippen LogP contribution in [0.15, 0.2) is 66.7 Å². The monoisotopic (exact) mass is 266 g/mol. The number of carbonyl (C=O) groups excluding carboxylic acids is 1. The molecule has 0 spiro atoms. The van der Waals surface area contributed by atoms with Crippen LogP contribution in [0, 0.1) is 0 Å². The van der Waals surface area contributed by atoms with Gasteiger partial charge in [0.05, 0.1) is 0 Å². The number of ketones is 1. The number of carbonyl (C=O) groups is 1. The normalized spacial score (nSPS) is 10.7. The fourth-order valence-electron chi connectivity index (χ4n) is 1.82. The third-order valence-corrected chi connectivity index (χ3v) is 2.88. The van der Waals surface area contributed by atoms with Gasteiger partial charge in [0.15, 0.2) is 5.78 Å². The summed E-state index contributed by atoms with van der Waals surface area (Å²) in [6, 6.07) is 18.0. The number of hydrogen-bond acceptors (Lipinski definition) is 2. The molecular formula is C18H18O2. The molecule has 0 atom stereocenters. The molecule has 102 valence electrons. The fourth-order valence-corrected chi connectivity index (χ4v) is 1.82. The molecule has 2 aromatic rings. The van der Waals surface area contributed by atoms with Gasteiger partial charge >= 0.3 is 0 Å². The summed E-state index contributed by atoms with van der Waals surface area (Å²) >= 11 is 0. The highest BCUT2D eigenvalue weighted by Gasteiger charge is 1.96. The number of ether oxygens (including phenoxy) is 1. The molecule has 0 unspecified atom stereocenters. The summed E-state index contributed by atoms with van der Waals surface area (Å²) in [6.45, 7) is 2.13. The van der Waals surface area contributed by atoms with Crippen LogP contribution in [0.5, 0.6) is 5.75 Å². The van der Waals surface area contributed by atoms with Gasteiger partial charge in [-0.05, 0) is 42.7 Å². The van der Waals surface area contributed by atoms with Gasteiger partial charge in [-0.3, -0.25) is 4.79 Å². The maximum Gasteiger partial charge on any atom is 0.152 e. The van der Waals surface area contributed by atoms with Crippen molar-refractivity contribution >= 4 is 5.78 Å². The predicted octanol–water partition coefficient (Wildman–Crippen LogP) is 3.95. The molecular weight excluding hydrogens is 248 g/mol. The molecule has 0 aliphatic heterocycles. The average molecular weight is 266 g/mol. The molecule has 0 amide bonds. The lowest BCUT2D eigenvalue weighted by molar-refractivity contribution is -0.112. The van der Waals surface area contributed by atoms with Gasteiger partial charge in [-0.1, -0.05) is 48.5 Å². The Kier molecular flexibility index (Phi) is 5.13. The van der Waals surface area contributed by atoms with E-state index in [9.17, 15) is 4.79 Å². The van der Waals surface area contributed by atoms with Crippen molar-refractivity contribution < 1.29 is 9.53 Å². The third-order valence-electron chi connectivity index (χ3n) is 2.88. The first-order chi connectivity index (χ1) is 9.74. The van der Waals surface area contributed by atoms with Gasteiger partial charge in [0.1, 0.15) is 12.4 Å². The van der Waals surface area contributed by atoms with Crippen molar-refractivity contribution in [2.24, 2.45) is 0 Å². The molecule has 20 heavy (non-hydrogen) atoms. The van der Waals surface area contributed by atoms with Crippen LogP contribution < -0.4 is 4.74 Å². The van der Waals surface area contributed by atoms with Crippen LogP contribution in [-0.4, -0.2) is 5.78 Å². The first-order valence-electron chi connectivity index (χ1n) is 6.67. The lowest BCUT2D eigenvalue weighted by Crippen LogP contribution is -1.95. The molecule has 0 N–H and O–H groups in total. The van der Waals surface area contributed by atoms with Gasteiger partial charge in [0, 0.05) is 0 Å². The topological polar surface area (TPSA) is 26.3 Å². The minimum atomic E-state index is 0.0767. The first kappa shape index (κ1) is 14.1. The fraction of sp³-hybridized carbons (Fsp3) is 0.167. The van der Waals surface area contributed by atoms with E-state index in [4.69, 9.17) is 4.74 Å². The van der Waals surface area contributed by atoms with Crippen LogP contribution in [0.3, 0.4) is 0 Å². The zero-order valence-corrected chi connectivity index (χ0v) is 11.6. The van der Waals surface area contributed by atoms with Gasteiger partial charge in [-0.15, -0.1) is 0 Å². The summed E-state index contributed by atoms with van der Waals surface area (Å²) in [5, 5.41) is 0. The SMILES string of the molecule is CC(=O)/C=C/Cc1ccc(OCc2ccccc2)cc1. The molecule has 0 aliphatic carbocycles. The Labute approximate surface area is 119 Å². The van der Waals surface area contributed by atoms with Crippen LogP contribution in [0.2, 0.25) is 0 Å². The average Bonchev–Trinajstić information content (AvgIpc) is 2.47. The van der Waals surface area contributed by atoms with E-state index in [1.165, 1.54) is 0 Å². The smallest absolute Gasteiger partial charge is 0.152 e. The molecule has 2 heteroatoms. The zero-order chi connectivity index (χ0) is 14.2. The van der Waals surface area contributed by atoms with Crippen molar-refractivity contribution in [2.75, 3.05) is 0 Å². The van der Waals surface area contributed by atoms with Crippen LogP contribution in [-0.2, 0) is 17.8 Å². The van der Waals surface area contributed by atoms with E-state index in [-0.39, 0.29) is 5.78 Å². The van der Waals surface area contributed by atoms with E-state index in [0.29, 0.717) is 6.61 Å². The molecule has 2 aromatic carbocycles. The molecule has 2 rings (SSSR count). The summed E-state index contributed by atoms with van der Waals surface area (Å²) in [5.41, 5.74) is 2.32. The van der Waals surface area contributed by atoms with E-state index in [1.54, 1.807) is 13.0 Å². The standard InChI is InChI=1S/C18H18O2/c1-15(19)6-5-9-16-10-12-18(13-11-16)20-14-17-7-3-2-4-8-17/h2-8,10-13H,9,14H2,1H3/b6-5+. The van der Waals surface area contributed by atoms with Gasteiger partial charge in [-0.25, -0.2) is 0 Å². The van der Waals surface area contributed by atoms with Crippen LogP contribution in [0.1, 0.15) is 18.1 Å².